The molecular weight excluding hydrogens is 278 g/mol. The Balaban J connectivity index is 2.02. The van der Waals surface area contributed by atoms with E-state index in [1.165, 1.54) is 12.1 Å². The first-order valence-electron chi connectivity index (χ1n) is 6.33. The molecule has 21 heavy (non-hydrogen) atoms. The molecule has 0 bridgehead atoms. The number of halogens is 2. The van der Waals surface area contributed by atoms with Gasteiger partial charge in [0.15, 0.2) is 0 Å². The summed E-state index contributed by atoms with van der Waals surface area (Å²) in [5.74, 6) is 0.108. The normalized spacial score (nSPS) is 12.0. The fourth-order valence-corrected chi connectivity index (χ4v) is 1.79. The van der Waals surface area contributed by atoms with Crippen molar-refractivity contribution in [2.24, 2.45) is 5.18 Å². The molecule has 1 N–H and O–H groups in total. The van der Waals surface area contributed by atoms with Crippen LogP contribution >= 0.6 is 0 Å². The molecule has 0 aromatic heterocycles. The third-order valence-electron chi connectivity index (χ3n) is 2.92. The summed E-state index contributed by atoms with van der Waals surface area (Å²) >= 11 is 0. The smallest absolute Gasteiger partial charge is 0.387 e. The number of nitrogens with one attached hydrogen (secondary N) is 1. The monoisotopic (exact) mass is 292 g/mol. The molecule has 0 spiro atoms. The Labute approximate surface area is 120 Å². The van der Waals surface area contributed by atoms with Crippen LogP contribution in [0.15, 0.2) is 53.7 Å². The lowest BCUT2D eigenvalue weighted by atomic mass is 10.1. The van der Waals surface area contributed by atoms with E-state index >= 15 is 0 Å². The van der Waals surface area contributed by atoms with Gasteiger partial charge in [0.2, 0.25) is 0 Å². The maximum absolute atomic E-state index is 12.0. The van der Waals surface area contributed by atoms with E-state index in [0.29, 0.717) is 0 Å². The van der Waals surface area contributed by atoms with Crippen molar-refractivity contribution in [1.82, 2.24) is 0 Å². The van der Waals surface area contributed by atoms with Crippen molar-refractivity contribution in [1.29, 1.82) is 0 Å². The maximum atomic E-state index is 12.0. The van der Waals surface area contributed by atoms with E-state index in [9.17, 15) is 13.7 Å². The highest BCUT2D eigenvalue weighted by atomic mass is 19.3. The van der Waals surface area contributed by atoms with Gasteiger partial charge in [0.05, 0.1) is 0 Å². The molecule has 6 heteroatoms. The van der Waals surface area contributed by atoms with Crippen LogP contribution in [-0.4, -0.2) is 6.61 Å². The van der Waals surface area contributed by atoms with E-state index < -0.39 is 6.61 Å². The Morgan fingerprint density at radius 3 is 2.00 bits per heavy atom. The average molecular weight is 292 g/mol. The third-order valence-corrected chi connectivity index (χ3v) is 2.92. The highest BCUT2D eigenvalue weighted by Gasteiger charge is 2.05. The topological polar surface area (TPSA) is 50.7 Å². The zero-order valence-electron chi connectivity index (χ0n) is 11.3. The lowest BCUT2D eigenvalue weighted by Crippen LogP contribution is -2.01. The van der Waals surface area contributed by atoms with E-state index in [2.05, 4.69) is 15.2 Å². The maximum Gasteiger partial charge on any atom is 0.387 e. The summed E-state index contributed by atoms with van der Waals surface area (Å²) in [6.07, 6.45) is 0. The van der Waals surface area contributed by atoms with E-state index in [1.54, 1.807) is 19.1 Å². The van der Waals surface area contributed by atoms with Gasteiger partial charge in [-0.3, -0.25) is 0 Å². The van der Waals surface area contributed by atoms with Crippen molar-refractivity contribution in [3.63, 3.8) is 0 Å². The molecule has 110 valence electrons. The van der Waals surface area contributed by atoms with Gasteiger partial charge in [0, 0.05) is 11.4 Å². The number of hydrogen-bond acceptors (Lipinski definition) is 4. The second-order valence-electron chi connectivity index (χ2n) is 4.43. The number of hydrogen-bond donors (Lipinski definition) is 1. The second-order valence-corrected chi connectivity index (χ2v) is 4.43. The fourth-order valence-electron chi connectivity index (χ4n) is 1.79. The van der Waals surface area contributed by atoms with Gasteiger partial charge in [0.1, 0.15) is 11.8 Å². The first kappa shape index (κ1) is 14.9. The molecule has 2 aromatic carbocycles. The minimum Gasteiger partial charge on any atom is -0.435 e. The number of nitroso groups, excluding NO2 is 1. The predicted molar refractivity (Wildman–Crippen MR) is 77.0 cm³/mol. The van der Waals surface area contributed by atoms with Crippen LogP contribution < -0.4 is 10.1 Å². The number of nitrogens with zero attached hydrogens (tertiary/aromatic N) is 1. The highest BCUT2D eigenvalue weighted by Crippen LogP contribution is 2.23. The first-order chi connectivity index (χ1) is 10.1. The minimum atomic E-state index is -2.83. The number of anilines is 2. The Morgan fingerprint density at radius 2 is 1.52 bits per heavy atom. The Morgan fingerprint density at radius 1 is 1.00 bits per heavy atom. The molecule has 2 rings (SSSR count). The van der Waals surface area contributed by atoms with Gasteiger partial charge in [-0.1, -0.05) is 17.3 Å². The van der Waals surface area contributed by atoms with Crippen LogP contribution in [0.5, 0.6) is 5.75 Å². The number of benzene rings is 2. The molecular formula is C15H14F2N2O2. The van der Waals surface area contributed by atoms with Gasteiger partial charge in [0.25, 0.3) is 0 Å². The standard InChI is InChI=1S/C15H14F2N2O2/c1-10(19-20)11-2-4-12(5-3-11)18-13-6-8-14(9-7-13)21-15(16)17/h2-10,15,18H,1H3. The number of alkyl halides is 2. The summed E-state index contributed by atoms with van der Waals surface area (Å²) in [4.78, 5) is 10.5. The molecule has 0 fully saturated rings. The number of ether oxygens (including phenoxy) is 1. The van der Waals surface area contributed by atoms with E-state index in [4.69, 9.17) is 0 Å². The molecule has 0 aliphatic heterocycles. The molecule has 2 aromatic rings. The summed E-state index contributed by atoms with van der Waals surface area (Å²) in [6, 6.07) is 13.1. The lowest BCUT2D eigenvalue weighted by Gasteiger charge is -2.09. The van der Waals surface area contributed by atoms with E-state index in [0.717, 1.165) is 16.9 Å². The summed E-state index contributed by atoms with van der Waals surface area (Å²) in [7, 11) is 0. The van der Waals surface area contributed by atoms with E-state index in [-0.39, 0.29) is 11.8 Å². The zero-order valence-corrected chi connectivity index (χ0v) is 11.3. The van der Waals surface area contributed by atoms with Gasteiger partial charge in [-0.25, -0.2) is 0 Å². The van der Waals surface area contributed by atoms with E-state index in [1.807, 2.05) is 24.3 Å². The summed E-state index contributed by atoms with van der Waals surface area (Å²) in [5.41, 5.74) is 2.39. The van der Waals surface area contributed by atoms with Crippen LogP contribution in [0.2, 0.25) is 0 Å². The summed E-state index contributed by atoms with van der Waals surface area (Å²) in [6.45, 7) is -1.11. The predicted octanol–water partition coefficient (Wildman–Crippen LogP) is 4.86. The molecule has 0 saturated heterocycles. The van der Waals surface area contributed by atoms with Crippen molar-refractivity contribution in [2.45, 2.75) is 19.6 Å². The Bertz CT molecular complexity index is 586. The second kappa shape index (κ2) is 6.78. The molecule has 1 atom stereocenters. The first-order valence-corrected chi connectivity index (χ1v) is 6.33. The largest absolute Gasteiger partial charge is 0.435 e. The van der Waals surface area contributed by atoms with Crippen LogP contribution in [0.4, 0.5) is 20.2 Å². The summed E-state index contributed by atoms with van der Waals surface area (Å²) < 4.78 is 28.3. The Kier molecular flexibility index (Phi) is 4.81. The molecule has 0 saturated carbocycles. The van der Waals surface area contributed by atoms with Crippen molar-refractivity contribution in [3.05, 3.63) is 59.0 Å². The van der Waals surface area contributed by atoms with Gasteiger partial charge < -0.3 is 10.1 Å². The van der Waals surface area contributed by atoms with Crippen LogP contribution in [0.25, 0.3) is 0 Å². The quantitative estimate of drug-likeness (QED) is 0.773. The van der Waals surface area contributed by atoms with Crippen molar-refractivity contribution in [3.8, 4) is 5.75 Å². The minimum absolute atomic E-state index is 0.108. The molecule has 0 aliphatic carbocycles. The van der Waals surface area contributed by atoms with Crippen molar-refractivity contribution < 1.29 is 13.5 Å². The van der Waals surface area contributed by atoms with Crippen LogP contribution in [0.3, 0.4) is 0 Å². The SMILES string of the molecule is CC(N=O)c1ccc(Nc2ccc(OC(F)F)cc2)cc1. The van der Waals surface area contributed by atoms with Gasteiger partial charge >= 0.3 is 6.61 Å². The van der Waals surface area contributed by atoms with Gasteiger partial charge in [-0.05, 0) is 48.9 Å². The lowest BCUT2D eigenvalue weighted by molar-refractivity contribution is -0.0498. The van der Waals surface area contributed by atoms with Crippen molar-refractivity contribution >= 4 is 11.4 Å². The molecule has 0 radical (unpaired) electrons. The molecule has 0 heterocycles. The molecule has 0 aliphatic rings. The fraction of sp³-hybridized carbons (Fsp3) is 0.200. The third kappa shape index (κ3) is 4.24. The average Bonchev–Trinajstić information content (AvgIpc) is 2.49. The molecule has 1 unspecified atom stereocenters. The number of rotatable bonds is 6. The van der Waals surface area contributed by atoms with Gasteiger partial charge in [-0.2, -0.15) is 13.7 Å². The van der Waals surface area contributed by atoms with Crippen LogP contribution in [0.1, 0.15) is 18.5 Å². The zero-order chi connectivity index (χ0) is 15.2. The Hall–Kier alpha value is -2.50. The van der Waals surface area contributed by atoms with Crippen LogP contribution in [0, 0.1) is 4.91 Å². The molecule has 4 nitrogen and oxygen atoms in total. The molecule has 0 amide bonds. The van der Waals surface area contributed by atoms with Gasteiger partial charge in [-0.15, -0.1) is 0 Å². The highest BCUT2D eigenvalue weighted by molar-refractivity contribution is 5.60. The summed E-state index contributed by atoms with van der Waals surface area (Å²) in [5, 5.41) is 6.08. The van der Waals surface area contributed by atoms with Crippen LogP contribution in [-0.2, 0) is 0 Å². The van der Waals surface area contributed by atoms with Crippen molar-refractivity contribution in [2.75, 3.05) is 5.32 Å².